The molecule has 180 valence electrons. The Kier molecular flexibility index (Phi) is 6.41. The number of likely N-dealkylation sites (tertiary alicyclic amines) is 1. The summed E-state index contributed by atoms with van der Waals surface area (Å²) < 4.78 is 26.8. The van der Waals surface area contributed by atoms with Crippen molar-refractivity contribution < 1.29 is 23.8 Å². The van der Waals surface area contributed by atoms with E-state index in [1.807, 2.05) is 30.3 Å². The lowest BCUT2D eigenvalue weighted by Gasteiger charge is -2.29. The predicted octanol–water partition coefficient (Wildman–Crippen LogP) is 6.25. The van der Waals surface area contributed by atoms with Crippen molar-refractivity contribution in [3.8, 4) is 27.7 Å². The quantitative estimate of drug-likeness (QED) is 0.308. The van der Waals surface area contributed by atoms with Gasteiger partial charge in [-0.3, -0.25) is 4.98 Å². The number of thiophene rings is 1. The number of nitrogens with zero attached hydrogens (tertiary/aromatic N) is 2. The molecule has 7 nitrogen and oxygen atoms in total. The average Bonchev–Trinajstić information content (AvgIpc) is 3.30. The third kappa shape index (κ3) is 5.14. The zero-order valence-corrected chi connectivity index (χ0v) is 19.6. The van der Waals surface area contributed by atoms with Crippen LogP contribution in [-0.2, 0) is 0 Å². The molecule has 9 heteroatoms. The number of halogens is 1. The van der Waals surface area contributed by atoms with Crippen LogP contribution in [0.25, 0.3) is 20.7 Å². The number of rotatable bonds is 6. The molecule has 0 aliphatic carbocycles. The molecule has 0 unspecified atom stereocenters. The van der Waals surface area contributed by atoms with Crippen molar-refractivity contribution >= 4 is 33.3 Å². The number of fused-ring (bicyclic) bond motifs is 1. The highest BCUT2D eigenvalue weighted by Crippen LogP contribution is 2.40. The molecule has 3 heterocycles. The summed E-state index contributed by atoms with van der Waals surface area (Å²) in [5.74, 6) is 1.25. The fraction of sp³-hybridized carbons (Fsp3) is 0.231. The Morgan fingerprint density at radius 3 is 2.60 bits per heavy atom. The molecule has 0 radical (unpaired) electrons. The Morgan fingerprint density at radius 1 is 1.11 bits per heavy atom. The Balaban J connectivity index is 1.27. The maximum Gasteiger partial charge on any atom is 0.407 e. The first kappa shape index (κ1) is 22.9. The molecule has 0 bridgehead atoms. The molecule has 4 aromatic rings. The van der Waals surface area contributed by atoms with Gasteiger partial charge in [0, 0.05) is 42.0 Å². The normalized spacial score (nSPS) is 14.3. The minimum Gasteiger partial charge on any atom is -0.493 e. The number of ether oxygens (including phenoxy) is 2. The van der Waals surface area contributed by atoms with Gasteiger partial charge in [-0.2, -0.15) is 0 Å². The van der Waals surface area contributed by atoms with Gasteiger partial charge in [0.15, 0.2) is 11.6 Å². The molecule has 0 spiro atoms. The highest BCUT2D eigenvalue weighted by molar-refractivity contribution is 7.22. The van der Waals surface area contributed by atoms with E-state index >= 15 is 0 Å². The minimum atomic E-state index is -0.854. The van der Waals surface area contributed by atoms with E-state index in [4.69, 9.17) is 20.3 Å². The number of aromatic nitrogens is 1. The third-order valence-corrected chi connectivity index (χ3v) is 7.25. The molecule has 0 saturated carbocycles. The lowest BCUT2D eigenvalue weighted by molar-refractivity contribution is 0.111. The predicted molar refractivity (Wildman–Crippen MR) is 134 cm³/mol. The first-order valence-corrected chi connectivity index (χ1v) is 12.1. The van der Waals surface area contributed by atoms with Gasteiger partial charge in [0.2, 0.25) is 0 Å². The summed E-state index contributed by atoms with van der Waals surface area (Å²) in [4.78, 5) is 17.9. The molecule has 35 heavy (non-hydrogen) atoms. The molecule has 2 aromatic heterocycles. The maximum absolute atomic E-state index is 14.2. The van der Waals surface area contributed by atoms with Crippen LogP contribution in [0.3, 0.4) is 0 Å². The molecule has 1 fully saturated rings. The number of benzene rings is 2. The van der Waals surface area contributed by atoms with Crippen molar-refractivity contribution in [3.63, 3.8) is 0 Å². The van der Waals surface area contributed by atoms with Crippen molar-refractivity contribution in [2.75, 3.05) is 25.4 Å². The molecule has 1 aliphatic heterocycles. The van der Waals surface area contributed by atoms with E-state index in [0.717, 1.165) is 39.2 Å². The van der Waals surface area contributed by atoms with Crippen LogP contribution < -0.4 is 15.2 Å². The summed E-state index contributed by atoms with van der Waals surface area (Å²) in [7, 11) is 0. The van der Waals surface area contributed by atoms with Gasteiger partial charge in [-0.1, -0.05) is 0 Å². The van der Waals surface area contributed by atoms with Crippen molar-refractivity contribution in [3.05, 3.63) is 66.6 Å². The van der Waals surface area contributed by atoms with Crippen LogP contribution in [0.1, 0.15) is 12.8 Å². The number of hydrogen-bond donors (Lipinski definition) is 2. The number of pyridine rings is 1. The van der Waals surface area contributed by atoms with Crippen molar-refractivity contribution in [2.45, 2.75) is 12.8 Å². The van der Waals surface area contributed by atoms with Gasteiger partial charge < -0.3 is 25.2 Å². The molecule has 3 N–H and O–H groups in total. The van der Waals surface area contributed by atoms with Crippen LogP contribution in [0.2, 0.25) is 0 Å². The molecular weight excluding hydrogens is 469 g/mol. The topological polar surface area (TPSA) is 97.9 Å². The van der Waals surface area contributed by atoms with Crippen LogP contribution in [0.4, 0.5) is 14.9 Å². The van der Waals surface area contributed by atoms with E-state index in [0.29, 0.717) is 37.1 Å². The summed E-state index contributed by atoms with van der Waals surface area (Å²) in [6, 6.07) is 15.9. The lowest BCUT2D eigenvalue weighted by atomic mass is 9.98. The summed E-state index contributed by atoms with van der Waals surface area (Å²) in [5, 5.41) is 9.07. The maximum atomic E-state index is 14.2. The number of carboxylic acid groups (broad SMARTS) is 1. The number of anilines is 1. The fourth-order valence-electron chi connectivity index (χ4n) is 4.08. The fourth-order valence-corrected chi connectivity index (χ4v) is 5.15. The summed E-state index contributed by atoms with van der Waals surface area (Å²) in [6.45, 7) is 1.68. The summed E-state index contributed by atoms with van der Waals surface area (Å²) >= 11 is 1.52. The summed E-state index contributed by atoms with van der Waals surface area (Å²) in [5.41, 5.74) is 7.75. The zero-order chi connectivity index (χ0) is 24.4. The highest BCUT2D eigenvalue weighted by Gasteiger charge is 2.22. The molecule has 1 saturated heterocycles. The van der Waals surface area contributed by atoms with Gasteiger partial charge in [-0.15, -0.1) is 11.3 Å². The van der Waals surface area contributed by atoms with Crippen molar-refractivity contribution in [1.82, 2.24) is 9.88 Å². The number of hydrogen-bond acceptors (Lipinski definition) is 6. The van der Waals surface area contributed by atoms with Gasteiger partial charge in [-0.05, 0) is 66.8 Å². The van der Waals surface area contributed by atoms with Gasteiger partial charge >= 0.3 is 6.09 Å². The van der Waals surface area contributed by atoms with Crippen molar-refractivity contribution in [2.24, 2.45) is 5.92 Å². The second kappa shape index (κ2) is 9.79. The molecule has 0 atom stereocenters. The van der Waals surface area contributed by atoms with Gasteiger partial charge in [-0.25, -0.2) is 9.18 Å². The number of carbonyl (C=O) groups is 1. The van der Waals surface area contributed by atoms with E-state index in [1.165, 1.54) is 28.4 Å². The zero-order valence-electron chi connectivity index (χ0n) is 18.8. The second-order valence-electron chi connectivity index (χ2n) is 8.47. The Morgan fingerprint density at radius 2 is 1.89 bits per heavy atom. The SMILES string of the molecule is Nc1ccc(Oc2ccnc3cc(-c4ccc(OCC5CCN(C(=O)O)CC5)cc4)sc23)c(F)c1. The van der Waals surface area contributed by atoms with Gasteiger partial charge in [0.25, 0.3) is 0 Å². The van der Waals surface area contributed by atoms with Crippen molar-refractivity contribution in [1.29, 1.82) is 0 Å². The lowest BCUT2D eigenvalue weighted by Crippen LogP contribution is -2.38. The number of nitrogens with two attached hydrogens (primary N) is 1. The number of nitrogen functional groups attached to an aromatic ring is 1. The standard InChI is InChI=1S/C26H24FN3O4S/c27-20-13-18(28)3-6-22(20)34-23-7-10-29-21-14-24(35-25(21)23)17-1-4-19(5-2-17)33-15-16-8-11-30(12-9-16)26(31)32/h1-7,10,13-14,16H,8-9,11-12,15,28H2,(H,31,32). The van der Waals surface area contributed by atoms with Crippen LogP contribution in [0.5, 0.6) is 17.2 Å². The molecule has 1 amide bonds. The second-order valence-corrected chi connectivity index (χ2v) is 9.53. The monoisotopic (exact) mass is 493 g/mol. The first-order valence-electron chi connectivity index (χ1n) is 11.3. The molecule has 1 aliphatic rings. The molecular formula is C26H24FN3O4S. The smallest absolute Gasteiger partial charge is 0.407 e. The Bertz CT molecular complexity index is 1350. The first-order chi connectivity index (χ1) is 17.0. The highest BCUT2D eigenvalue weighted by atomic mass is 32.1. The third-order valence-electron chi connectivity index (χ3n) is 6.06. The number of piperidine rings is 1. The van der Waals surface area contributed by atoms with Gasteiger partial charge in [0.05, 0.1) is 16.8 Å². The summed E-state index contributed by atoms with van der Waals surface area (Å²) in [6.07, 6.45) is 2.40. The van der Waals surface area contributed by atoms with E-state index in [2.05, 4.69) is 4.98 Å². The van der Waals surface area contributed by atoms with Crippen LogP contribution in [0, 0.1) is 11.7 Å². The number of amides is 1. The van der Waals surface area contributed by atoms with E-state index in [9.17, 15) is 9.18 Å². The van der Waals surface area contributed by atoms with E-state index in [-0.39, 0.29) is 5.75 Å². The van der Waals surface area contributed by atoms with Gasteiger partial charge in [0.1, 0.15) is 11.5 Å². The van der Waals surface area contributed by atoms with Crippen LogP contribution >= 0.6 is 11.3 Å². The largest absolute Gasteiger partial charge is 0.493 e. The Labute approximate surface area is 205 Å². The minimum absolute atomic E-state index is 0.108. The van der Waals surface area contributed by atoms with E-state index < -0.39 is 11.9 Å². The molecule has 5 rings (SSSR count). The molecule has 2 aromatic carbocycles. The van der Waals surface area contributed by atoms with Crippen LogP contribution in [0.15, 0.2) is 60.8 Å². The Hall–Kier alpha value is -3.85. The van der Waals surface area contributed by atoms with E-state index in [1.54, 1.807) is 18.3 Å². The van der Waals surface area contributed by atoms with Crippen LogP contribution in [-0.4, -0.2) is 40.8 Å². The average molecular weight is 494 g/mol.